The fourth-order valence-corrected chi connectivity index (χ4v) is 3.34. The van der Waals surface area contributed by atoms with Crippen LogP contribution in [0.5, 0.6) is 5.75 Å². The first-order valence-electron chi connectivity index (χ1n) is 9.74. The van der Waals surface area contributed by atoms with Gasteiger partial charge in [0.15, 0.2) is 17.0 Å². The third-order valence-corrected chi connectivity index (χ3v) is 4.88. The van der Waals surface area contributed by atoms with Gasteiger partial charge in [0.2, 0.25) is 0 Å². The largest absolute Gasteiger partial charge is 0.497 e. The molecule has 0 bridgehead atoms. The van der Waals surface area contributed by atoms with Gasteiger partial charge in [0.05, 0.1) is 37.4 Å². The van der Waals surface area contributed by atoms with E-state index in [9.17, 15) is 0 Å². The van der Waals surface area contributed by atoms with Gasteiger partial charge in [0.25, 0.3) is 0 Å². The van der Waals surface area contributed by atoms with Gasteiger partial charge in [-0.2, -0.15) is 5.10 Å². The number of aromatic nitrogens is 5. The van der Waals surface area contributed by atoms with Crippen LogP contribution in [0.1, 0.15) is 11.3 Å². The maximum absolute atomic E-state index is 5.25. The average Bonchev–Trinajstić information content (AvgIpc) is 3.23. The highest BCUT2D eigenvalue weighted by Crippen LogP contribution is 2.20. The molecular weight excluding hydrogens is 390 g/mol. The van der Waals surface area contributed by atoms with Crippen LogP contribution in [-0.4, -0.2) is 37.8 Å². The van der Waals surface area contributed by atoms with Gasteiger partial charge in [0.1, 0.15) is 12.1 Å². The summed E-state index contributed by atoms with van der Waals surface area (Å²) in [6, 6.07) is 19.8. The topological polar surface area (TPSA) is 90.1 Å². The molecule has 0 unspecified atom stereocenters. The highest BCUT2D eigenvalue weighted by atomic mass is 16.5. The molecule has 2 aromatic carbocycles. The van der Waals surface area contributed by atoms with Crippen LogP contribution >= 0.6 is 0 Å². The summed E-state index contributed by atoms with van der Waals surface area (Å²) in [7, 11) is 1.65. The number of pyridine rings is 1. The average molecular weight is 409 g/mol. The molecule has 0 saturated carbocycles. The number of nitrogens with zero attached hydrogens (tertiary/aromatic N) is 6. The quantitative estimate of drug-likeness (QED) is 0.338. The summed E-state index contributed by atoms with van der Waals surface area (Å²) < 4.78 is 7.24. The molecule has 0 atom stereocenters. The molecule has 8 nitrogen and oxygen atoms in total. The van der Waals surface area contributed by atoms with E-state index in [1.54, 1.807) is 19.7 Å². The SMILES string of the molecule is COc1ccc2nc(/C=N/Nc3ncnc4c3ncn4Cc3ccccc3)ccc2c1. The van der Waals surface area contributed by atoms with E-state index in [1.165, 1.54) is 11.9 Å². The van der Waals surface area contributed by atoms with Gasteiger partial charge in [-0.15, -0.1) is 0 Å². The second-order valence-corrected chi connectivity index (χ2v) is 6.92. The van der Waals surface area contributed by atoms with Gasteiger partial charge in [-0.3, -0.25) is 5.43 Å². The Morgan fingerprint density at radius 2 is 1.94 bits per heavy atom. The number of hydrogen-bond acceptors (Lipinski definition) is 7. The molecule has 0 radical (unpaired) electrons. The first-order chi connectivity index (χ1) is 15.3. The molecule has 3 heterocycles. The third kappa shape index (κ3) is 3.91. The first kappa shape index (κ1) is 18.7. The van der Waals surface area contributed by atoms with E-state index in [1.807, 2.05) is 53.1 Å². The van der Waals surface area contributed by atoms with Crippen molar-refractivity contribution in [2.45, 2.75) is 6.54 Å². The molecule has 152 valence electrons. The Morgan fingerprint density at radius 1 is 1.03 bits per heavy atom. The molecule has 1 N–H and O–H groups in total. The number of methoxy groups -OCH3 is 1. The Morgan fingerprint density at radius 3 is 2.81 bits per heavy atom. The normalized spacial score (nSPS) is 11.4. The van der Waals surface area contributed by atoms with E-state index in [4.69, 9.17) is 4.74 Å². The predicted molar refractivity (Wildman–Crippen MR) is 120 cm³/mol. The zero-order valence-electron chi connectivity index (χ0n) is 16.8. The Balaban J connectivity index is 1.36. The van der Waals surface area contributed by atoms with Crippen molar-refractivity contribution in [1.29, 1.82) is 0 Å². The molecule has 8 heteroatoms. The van der Waals surface area contributed by atoms with Crippen LogP contribution in [0.2, 0.25) is 0 Å². The zero-order valence-corrected chi connectivity index (χ0v) is 16.8. The van der Waals surface area contributed by atoms with Crippen molar-refractivity contribution < 1.29 is 4.74 Å². The van der Waals surface area contributed by atoms with Crippen molar-refractivity contribution in [2.75, 3.05) is 12.5 Å². The van der Waals surface area contributed by atoms with Crippen LogP contribution < -0.4 is 10.2 Å². The highest BCUT2D eigenvalue weighted by Gasteiger charge is 2.10. The summed E-state index contributed by atoms with van der Waals surface area (Å²) in [4.78, 5) is 17.7. The number of anilines is 1. The van der Waals surface area contributed by atoms with Crippen LogP contribution in [0, 0.1) is 0 Å². The Bertz CT molecular complexity index is 1380. The fraction of sp³-hybridized carbons (Fsp3) is 0.0870. The molecule has 0 aliphatic rings. The molecule has 3 aromatic heterocycles. The van der Waals surface area contributed by atoms with Crippen LogP contribution in [0.25, 0.3) is 22.1 Å². The monoisotopic (exact) mass is 409 g/mol. The van der Waals surface area contributed by atoms with Gasteiger partial charge in [-0.1, -0.05) is 36.4 Å². The summed E-state index contributed by atoms with van der Waals surface area (Å²) in [5.41, 5.74) is 7.14. The molecule has 31 heavy (non-hydrogen) atoms. The zero-order chi connectivity index (χ0) is 21.0. The second-order valence-electron chi connectivity index (χ2n) is 6.92. The third-order valence-electron chi connectivity index (χ3n) is 4.88. The van der Waals surface area contributed by atoms with Crippen molar-refractivity contribution in [2.24, 2.45) is 5.10 Å². The Labute approximate surface area is 178 Å². The first-order valence-corrected chi connectivity index (χ1v) is 9.74. The molecule has 0 aliphatic carbocycles. The van der Waals surface area contributed by atoms with E-state index in [2.05, 4.69) is 42.6 Å². The number of hydrazone groups is 1. The van der Waals surface area contributed by atoms with Crippen molar-refractivity contribution in [1.82, 2.24) is 24.5 Å². The molecule has 0 aliphatic heterocycles. The minimum Gasteiger partial charge on any atom is -0.497 e. The molecular formula is C23H19N7O. The summed E-state index contributed by atoms with van der Waals surface area (Å²) in [5, 5.41) is 5.30. The van der Waals surface area contributed by atoms with E-state index < -0.39 is 0 Å². The number of fused-ring (bicyclic) bond motifs is 2. The Hall–Kier alpha value is -4.33. The van der Waals surface area contributed by atoms with Crippen LogP contribution in [0.4, 0.5) is 5.82 Å². The van der Waals surface area contributed by atoms with Gasteiger partial charge in [-0.25, -0.2) is 19.9 Å². The molecule has 0 saturated heterocycles. The minimum atomic E-state index is 0.540. The van der Waals surface area contributed by atoms with E-state index in [-0.39, 0.29) is 0 Å². The van der Waals surface area contributed by atoms with Crippen LogP contribution in [0.3, 0.4) is 0 Å². The summed E-state index contributed by atoms with van der Waals surface area (Å²) in [6.45, 7) is 0.683. The highest BCUT2D eigenvalue weighted by molar-refractivity contribution is 5.87. The number of hydrogen-bond donors (Lipinski definition) is 1. The number of benzene rings is 2. The van der Waals surface area contributed by atoms with Gasteiger partial charge in [-0.05, 0) is 29.8 Å². The maximum Gasteiger partial charge on any atom is 0.177 e. The van der Waals surface area contributed by atoms with E-state index in [0.29, 0.717) is 17.9 Å². The van der Waals surface area contributed by atoms with Gasteiger partial charge in [0, 0.05) is 5.39 Å². The molecule has 0 fully saturated rings. The lowest BCUT2D eigenvalue weighted by molar-refractivity contribution is 0.415. The number of rotatable bonds is 6. The molecule has 0 spiro atoms. The van der Waals surface area contributed by atoms with Crippen molar-refractivity contribution in [3.63, 3.8) is 0 Å². The summed E-state index contributed by atoms with van der Waals surface area (Å²) in [6.07, 6.45) is 4.92. The lowest BCUT2D eigenvalue weighted by Crippen LogP contribution is -2.01. The van der Waals surface area contributed by atoms with E-state index in [0.717, 1.165) is 28.0 Å². The number of ether oxygens (including phenoxy) is 1. The minimum absolute atomic E-state index is 0.540. The maximum atomic E-state index is 5.25. The smallest absolute Gasteiger partial charge is 0.177 e. The molecule has 5 rings (SSSR count). The summed E-state index contributed by atoms with van der Waals surface area (Å²) in [5.74, 6) is 1.34. The molecule has 5 aromatic rings. The van der Waals surface area contributed by atoms with Gasteiger partial charge < -0.3 is 9.30 Å². The fourth-order valence-electron chi connectivity index (χ4n) is 3.34. The van der Waals surface area contributed by atoms with Crippen molar-refractivity contribution in [3.8, 4) is 5.75 Å². The van der Waals surface area contributed by atoms with E-state index >= 15 is 0 Å². The number of imidazole rings is 1. The van der Waals surface area contributed by atoms with Crippen molar-refractivity contribution in [3.05, 3.63) is 84.6 Å². The van der Waals surface area contributed by atoms with Gasteiger partial charge >= 0.3 is 0 Å². The number of nitrogens with one attached hydrogen (secondary N) is 1. The predicted octanol–water partition coefficient (Wildman–Crippen LogP) is 3.88. The molecule has 0 amide bonds. The van der Waals surface area contributed by atoms with Crippen molar-refractivity contribution >= 4 is 34.1 Å². The lowest BCUT2D eigenvalue weighted by Gasteiger charge is -2.04. The van der Waals surface area contributed by atoms with Crippen LogP contribution in [-0.2, 0) is 6.54 Å². The lowest BCUT2D eigenvalue weighted by atomic mass is 10.2. The van der Waals surface area contributed by atoms with Crippen LogP contribution in [0.15, 0.2) is 78.4 Å². The summed E-state index contributed by atoms with van der Waals surface area (Å²) >= 11 is 0. The standard InChI is InChI=1S/C23H19N7O/c1-31-19-9-10-20-17(11-19)7-8-18(28-20)12-27-29-22-21-23(25-14-24-22)30(15-26-21)13-16-5-3-2-4-6-16/h2-12,14-15H,13H2,1H3,(H,24,25,29)/b27-12+. The Kier molecular flexibility index (Phi) is 4.94. The second kappa shape index (κ2) is 8.19.